The number of ether oxygens (including phenoxy) is 2. The standard InChI is InChI=1S/C29H29N3O3/c1-19(21-9-11-24(34-3)12-10-21)32-18-23(17-29(32)33)20(2)35-28-16-22(26-8-4-5-13-30-26)15-27-25(28)7-6-14-31-27/h4-16,19-20,23H,17-18H2,1-3H3/t19?,20-,23-/m1/s1. The normalized spacial score (nSPS) is 17.4. The van der Waals surface area contributed by atoms with Gasteiger partial charge in [0.2, 0.25) is 5.91 Å². The van der Waals surface area contributed by atoms with Gasteiger partial charge < -0.3 is 14.4 Å². The van der Waals surface area contributed by atoms with Gasteiger partial charge in [0, 0.05) is 42.2 Å². The number of nitrogens with zero attached hydrogens (tertiary/aromatic N) is 3. The van der Waals surface area contributed by atoms with Crippen LogP contribution in [0.25, 0.3) is 22.2 Å². The van der Waals surface area contributed by atoms with Gasteiger partial charge in [-0.3, -0.25) is 14.8 Å². The highest BCUT2D eigenvalue weighted by molar-refractivity contribution is 5.89. The van der Waals surface area contributed by atoms with Gasteiger partial charge in [0.15, 0.2) is 0 Å². The van der Waals surface area contributed by atoms with Gasteiger partial charge in [-0.2, -0.15) is 0 Å². The Morgan fingerprint density at radius 3 is 2.51 bits per heavy atom. The highest BCUT2D eigenvalue weighted by Gasteiger charge is 2.37. The summed E-state index contributed by atoms with van der Waals surface area (Å²) in [4.78, 5) is 23.9. The van der Waals surface area contributed by atoms with E-state index in [1.165, 1.54) is 0 Å². The fourth-order valence-electron chi connectivity index (χ4n) is 4.74. The zero-order valence-corrected chi connectivity index (χ0v) is 20.2. The fourth-order valence-corrected chi connectivity index (χ4v) is 4.74. The van der Waals surface area contributed by atoms with Crippen LogP contribution < -0.4 is 9.47 Å². The molecule has 6 nitrogen and oxygen atoms in total. The summed E-state index contributed by atoms with van der Waals surface area (Å²) in [6.45, 7) is 4.78. The number of carbonyl (C=O) groups is 1. The van der Waals surface area contributed by atoms with Gasteiger partial charge in [-0.05, 0) is 67.9 Å². The molecule has 5 rings (SSSR count). The first-order valence-electron chi connectivity index (χ1n) is 11.9. The molecule has 3 atom stereocenters. The minimum absolute atomic E-state index is 0.0110. The molecular formula is C29H29N3O3. The molecule has 0 radical (unpaired) electrons. The van der Waals surface area contributed by atoms with E-state index in [0.29, 0.717) is 13.0 Å². The van der Waals surface area contributed by atoms with E-state index >= 15 is 0 Å². The molecule has 0 bridgehead atoms. The van der Waals surface area contributed by atoms with E-state index < -0.39 is 0 Å². The number of amides is 1. The van der Waals surface area contributed by atoms with Crippen molar-refractivity contribution in [2.45, 2.75) is 32.4 Å². The van der Waals surface area contributed by atoms with Crippen LogP contribution >= 0.6 is 0 Å². The lowest BCUT2D eigenvalue weighted by Crippen LogP contribution is -2.31. The van der Waals surface area contributed by atoms with Crippen molar-refractivity contribution in [3.8, 4) is 22.8 Å². The lowest BCUT2D eigenvalue weighted by Gasteiger charge is -2.27. The van der Waals surface area contributed by atoms with Gasteiger partial charge in [0.05, 0.1) is 24.4 Å². The number of benzene rings is 2. The average Bonchev–Trinajstić information content (AvgIpc) is 3.30. The summed E-state index contributed by atoms with van der Waals surface area (Å²) >= 11 is 0. The third-order valence-electron chi connectivity index (χ3n) is 6.87. The molecule has 0 spiro atoms. The quantitative estimate of drug-likeness (QED) is 0.350. The number of aromatic nitrogens is 2. The van der Waals surface area contributed by atoms with Crippen molar-refractivity contribution in [3.63, 3.8) is 0 Å². The number of methoxy groups -OCH3 is 1. The van der Waals surface area contributed by atoms with Crippen molar-refractivity contribution in [2.75, 3.05) is 13.7 Å². The molecule has 0 saturated carbocycles. The van der Waals surface area contributed by atoms with E-state index in [2.05, 4.69) is 23.8 Å². The Morgan fingerprint density at radius 2 is 1.77 bits per heavy atom. The van der Waals surface area contributed by atoms with Crippen molar-refractivity contribution in [1.29, 1.82) is 0 Å². The first kappa shape index (κ1) is 22.8. The number of carbonyl (C=O) groups excluding carboxylic acids is 1. The Kier molecular flexibility index (Phi) is 6.36. The summed E-state index contributed by atoms with van der Waals surface area (Å²) < 4.78 is 11.8. The number of pyridine rings is 2. The minimum atomic E-state index is -0.144. The SMILES string of the molecule is COc1ccc(C(C)N2C[C@H]([C@@H](C)Oc3cc(-c4ccccn4)cc4ncccc34)CC2=O)cc1. The van der Waals surface area contributed by atoms with Gasteiger partial charge in [0.25, 0.3) is 0 Å². The molecule has 2 aromatic carbocycles. The van der Waals surface area contributed by atoms with E-state index in [-0.39, 0.29) is 24.0 Å². The molecule has 2 aromatic heterocycles. The van der Waals surface area contributed by atoms with Crippen LogP contribution in [0.1, 0.15) is 31.9 Å². The molecule has 1 amide bonds. The summed E-state index contributed by atoms with van der Waals surface area (Å²) in [6.07, 6.45) is 3.89. The van der Waals surface area contributed by atoms with Crippen LogP contribution in [0, 0.1) is 5.92 Å². The van der Waals surface area contributed by atoms with Gasteiger partial charge in [0.1, 0.15) is 17.6 Å². The van der Waals surface area contributed by atoms with E-state index in [0.717, 1.165) is 39.2 Å². The Hall–Kier alpha value is -3.93. The van der Waals surface area contributed by atoms with Crippen molar-refractivity contribution in [2.24, 2.45) is 5.92 Å². The number of rotatable bonds is 7. The van der Waals surface area contributed by atoms with Crippen LogP contribution in [0.3, 0.4) is 0 Å². The van der Waals surface area contributed by atoms with Crippen molar-refractivity contribution >= 4 is 16.8 Å². The topological polar surface area (TPSA) is 64.6 Å². The molecule has 1 unspecified atom stereocenters. The number of likely N-dealkylation sites (tertiary alicyclic amines) is 1. The van der Waals surface area contributed by atoms with Crippen LogP contribution in [0.5, 0.6) is 11.5 Å². The van der Waals surface area contributed by atoms with Gasteiger partial charge in [-0.1, -0.05) is 18.2 Å². The Morgan fingerprint density at radius 1 is 0.971 bits per heavy atom. The second-order valence-electron chi connectivity index (χ2n) is 9.04. The smallest absolute Gasteiger partial charge is 0.223 e. The van der Waals surface area contributed by atoms with Crippen LogP contribution in [0.15, 0.2) is 79.1 Å². The lowest BCUT2D eigenvalue weighted by molar-refractivity contribution is -0.129. The number of fused-ring (bicyclic) bond motifs is 1. The molecule has 3 heterocycles. The maximum Gasteiger partial charge on any atom is 0.223 e. The second-order valence-corrected chi connectivity index (χ2v) is 9.04. The number of hydrogen-bond donors (Lipinski definition) is 0. The molecule has 4 aromatic rings. The summed E-state index contributed by atoms with van der Waals surface area (Å²) in [5.41, 5.74) is 3.77. The summed E-state index contributed by atoms with van der Waals surface area (Å²) in [5, 5.41) is 0.951. The first-order chi connectivity index (χ1) is 17.0. The second kappa shape index (κ2) is 9.74. The maximum atomic E-state index is 13.0. The monoisotopic (exact) mass is 467 g/mol. The first-order valence-corrected chi connectivity index (χ1v) is 11.9. The van der Waals surface area contributed by atoms with Gasteiger partial charge in [-0.15, -0.1) is 0 Å². The largest absolute Gasteiger partial charge is 0.497 e. The average molecular weight is 468 g/mol. The van der Waals surface area contributed by atoms with E-state index in [4.69, 9.17) is 9.47 Å². The molecule has 0 aliphatic carbocycles. The van der Waals surface area contributed by atoms with Crippen molar-refractivity contribution < 1.29 is 14.3 Å². The highest BCUT2D eigenvalue weighted by Crippen LogP contribution is 2.35. The summed E-state index contributed by atoms with van der Waals surface area (Å²) in [7, 11) is 1.65. The molecule has 1 saturated heterocycles. The third-order valence-corrected chi connectivity index (χ3v) is 6.87. The number of hydrogen-bond acceptors (Lipinski definition) is 5. The summed E-state index contributed by atoms with van der Waals surface area (Å²) in [5.74, 6) is 1.82. The van der Waals surface area contributed by atoms with Gasteiger partial charge >= 0.3 is 0 Å². The molecule has 0 N–H and O–H groups in total. The predicted octanol–water partition coefficient (Wildman–Crippen LogP) is 5.68. The molecule has 1 aliphatic heterocycles. The van der Waals surface area contributed by atoms with E-state index in [1.54, 1.807) is 19.5 Å². The fraction of sp³-hybridized carbons (Fsp3) is 0.276. The van der Waals surface area contributed by atoms with Gasteiger partial charge in [-0.25, -0.2) is 0 Å². The zero-order chi connectivity index (χ0) is 24.4. The third kappa shape index (κ3) is 4.69. The Balaban J connectivity index is 1.36. The summed E-state index contributed by atoms with van der Waals surface area (Å²) in [6, 6.07) is 21.7. The zero-order valence-electron chi connectivity index (χ0n) is 20.2. The molecule has 178 valence electrons. The molecule has 1 fully saturated rings. The van der Waals surface area contributed by atoms with Crippen molar-refractivity contribution in [3.05, 3.63) is 84.7 Å². The van der Waals surface area contributed by atoms with Crippen LogP contribution in [-0.2, 0) is 4.79 Å². The van der Waals surface area contributed by atoms with E-state index in [9.17, 15) is 4.79 Å². The molecule has 6 heteroatoms. The Bertz CT molecular complexity index is 1320. The van der Waals surface area contributed by atoms with Crippen molar-refractivity contribution in [1.82, 2.24) is 14.9 Å². The maximum absolute atomic E-state index is 13.0. The van der Waals surface area contributed by atoms with Crippen LogP contribution in [0.4, 0.5) is 0 Å². The minimum Gasteiger partial charge on any atom is -0.497 e. The molecule has 1 aliphatic rings. The molecule has 35 heavy (non-hydrogen) atoms. The van der Waals surface area contributed by atoms with E-state index in [1.807, 2.05) is 71.6 Å². The predicted molar refractivity (Wildman–Crippen MR) is 136 cm³/mol. The highest BCUT2D eigenvalue weighted by atomic mass is 16.5. The lowest BCUT2D eigenvalue weighted by atomic mass is 10.0. The molecular weight excluding hydrogens is 438 g/mol. The van der Waals surface area contributed by atoms with Crippen LogP contribution in [0.2, 0.25) is 0 Å². The Labute approximate surface area is 205 Å². The van der Waals surface area contributed by atoms with Crippen LogP contribution in [-0.4, -0.2) is 40.5 Å².